The fraction of sp³-hybridized carbons (Fsp3) is 0.0345. The van der Waals surface area contributed by atoms with Crippen LogP contribution in [0.1, 0.15) is 0 Å². The first-order chi connectivity index (χ1) is 16.3. The van der Waals surface area contributed by atoms with Crippen LogP contribution in [0, 0.1) is 0 Å². The van der Waals surface area contributed by atoms with Gasteiger partial charge < -0.3 is 4.74 Å². The number of aromatic nitrogens is 3. The molecule has 158 valence electrons. The highest BCUT2D eigenvalue weighted by Crippen LogP contribution is 2.42. The summed E-state index contributed by atoms with van der Waals surface area (Å²) in [4.78, 5) is 5.14. The van der Waals surface area contributed by atoms with E-state index < -0.39 is 0 Å². The van der Waals surface area contributed by atoms with Crippen molar-refractivity contribution in [3.8, 4) is 34.0 Å². The predicted octanol–water partition coefficient (Wildman–Crippen LogP) is 6.92. The molecule has 4 aromatic carbocycles. The van der Waals surface area contributed by atoms with Gasteiger partial charge >= 0.3 is 0 Å². The second kappa shape index (κ2) is 7.92. The van der Waals surface area contributed by atoms with E-state index >= 15 is 0 Å². The summed E-state index contributed by atoms with van der Waals surface area (Å²) >= 11 is 0. The van der Waals surface area contributed by atoms with E-state index in [0.29, 0.717) is 0 Å². The Morgan fingerprint density at radius 1 is 0.667 bits per heavy atom. The molecule has 0 N–H and O–H groups in total. The Labute approximate surface area is 191 Å². The molecule has 4 nitrogen and oxygen atoms in total. The number of pyridine rings is 1. The van der Waals surface area contributed by atoms with Crippen molar-refractivity contribution in [2.24, 2.45) is 0 Å². The van der Waals surface area contributed by atoms with Gasteiger partial charge in [-0.2, -0.15) is 5.10 Å². The van der Waals surface area contributed by atoms with Gasteiger partial charge in [-0.1, -0.05) is 78.9 Å². The van der Waals surface area contributed by atoms with Crippen LogP contribution in [0.25, 0.3) is 50.0 Å². The number of ether oxygens (including phenoxy) is 1. The van der Waals surface area contributed by atoms with Gasteiger partial charge in [-0.15, -0.1) is 0 Å². The van der Waals surface area contributed by atoms with E-state index in [-0.39, 0.29) is 0 Å². The molecule has 6 aromatic rings. The van der Waals surface area contributed by atoms with Crippen LogP contribution in [0.3, 0.4) is 0 Å². The van der Waals surface area contributed by atoms with Gasteiger partial charge in [0.25, 0.3) is 0 Å². The Morgan fingerprint density at radius 3 is 2.12 bits per heavy atom. The van der Waals surface area contributed by atoms with Crippen molar-refractivity contribution < 1.29 is 4.74 Å². The van der Waals surface area contributed by atoms with Gasteiger partial charge in [0.2, 0.25) is 0 Å². The summed E-state index contributed by atoms with van der Waals surface area (Å²) in [5.41, 5.74) is 6.71. The molecule has 0 aliphatic heterocycles. The van der Waals surface area contributed by atoms with Gasteiger partial charge in [0, 0.05) is 16.5 Å². The molecule has 4 heteroatoms. The highest BCUT2D eigenvalue weighted by atomic mass is 16.5. The molecule has 0 amide bonds. The van der Waals surface area contributed by atoms with Gasteiger partial charge in [0.1, 0.15) is 11.4 Å². The van der Waals surface area contributed by atoms with Gasteiger partial charge in [0.15, 0.2) is 0 Å². The lowest BCUT2D eigenvalue weighted by atomic mass is 9.99. The summed E-state index contributed by atoms with van der Waals surface area (Å²) in [6, 6.07) is 36.8. The van der Waals surface area contributed by atoms with E-state index in [1.54, 1.807) is 7.11 Å². The molecule has 0 fully saturated rings. The van der Waals surface area contributed by atoms with Crippen molar-refractivity contribution in [2.45, 2.75) is 0 Å². The maximum absolute atomic E-state index is 5.73. The lowest BCUT2D eigenvalue weighted by Gasteiger charge is -2.12. The number of rotatable bonds is 4. The third-order valence-electron chi connectivity index (χ3n) is 5.92. The van der Waals surface area contributed by atoms with E-state index in [1.165, 1.54) is 0 Å². The average molecular weight is 428 g/mol. The number of hydrogen-bond acceptors (Lipinski definition) is 3. The highest BCUT2D eigenvalue weighted by Gasteiger charge is 2.23. The smallest absolute Gasteiger partial charge is 0.128 e. The molecule has 0 aliphatic rings. The maximum Gasteiger partial charge on any atom is 0.128 e. The predicted molar refractivity (Wildman–Crippen MR) is 134 cm³/mol. The van der Waals surface area contributed by atoms with E-state index in [4.69, 9.17) is 14.8 Å². The Morgan fingerprint density at radius 2 is 1.33 bits per heavy atom. The fourth-order valence-corrected chi connectivity index (χ4v) is 4.43. The van der Waals surface area contributed by atoms with Crippen molar-refractivity contribution >= 4 is 21.8 Å². The number of fused-ring (bicyclic) bond motifs is 3. The minimum Gasteiger partial charge on any atom is -0.496 e. The number of nitrogens with zero attached hydrogens (tertiary/aromatic N) is 3. The van der Waals surface area contributed by atoms with Crippen LogP contribution < -0.4 is 4.74 Å². The molecule has 0 bridgehead atoms. The molecule has 0 aliphatic carbocycles. The van der Waals surface area contributed by atoms with Crippen LogP contribution in [0.15, 0.2) is 109 Å². The lowest BCUT2D eigenvalue weighted by Crippen LogP contribution is -1.97. The Bertz CT molecular complexity index is 1590. The first-order valence-corrected chi connectivity index (χ1v) is 10.9. The standard InChI is InChI=1S/C29H21N3O/c1-33-25-19-11-9-17-23(25)28-26-27(20-12-4-2-5-13-20)31-32(21-14-6-3-7-15-21)29(26)22-16-8-10-18-24(22)30-28/h2-19H,1H3. The van der Waals surface area contributed by atoms with Gasteiger partial charge in [0.05, 0.1) is 34.9 Å². The molecule has 0 spiro atoms. The van der Waals surface area contributed by atoms with Gasteiger partial charge in [-0.25, -0.2) is 9.67 Å². The van der Waals surface area contributed by atoms with E-state index in [1.807, 2.05) is 65.3 Å². The molecule has 0 atom stereocenters. The molecule has 33 heavy (non-hydrogen) atoms. The molecule has 0 radical (unpaired) electrons. The number of benzene rings is 4. The van der Waals surface area contributed by atoms with Crippen LogP contribution in [0.2, 0.25) is 0 Å². The highest BCUT2D eigenvalue weighted by molar-refractivity contribution is 6.15. The average Bonchev–Trinajstić information content (AvgIpc) is 3.30. The zero-order valence-corrected chi connectivity index (χ0v) is 18.1. The van der Waals surface area contributed by atoms with Crippen molar-refractivity contribution in [1.82, 2.24) is 14.8 Å². The lowest BCUT2D eigenvalue weighted by molar-refractivity contribution is 0.416. The zero-order valence-electron chi connectivity index (χ0n) is 18.1. The van der Waals surface area contributed by atoms with Crippen LogP contribution >= 0.6 is 0 Å². The molecular weight excluding hydrogens is 406 g/mol. The second-order valence-electron chi connectivity index (χ2n) is 7.86. The minimum atomic E-state index is 0.785. The summed E-state index contributed by atoms with van der Waals surface area (Å²) in [6.07, 6.45) is 0. The zero-order chi connectivity index (χ0) is 22.2. The Kier molecular flexibility index (Phi) is 4.62. The molecule has 2 aromatic heterocycles. The van der Waals surface area contributed by atoms with E-state index in [9.17, 15) is 0 Å². The quantitative estimate of drug-likeness (QED) is 0.307. The molecule has 0 unspecified atom stereocenters. The number of methoxy groups -OCH3 is 1. The first kappa shape index (κ1) is 19.3. The summed E-state index contributed by atoms with van der Waals surface area (Å²) in [5.74, 6) is 0.785. The molecular formula is C29H21N3O. The number of hydrogen-bond donors (Lipinski definition) is 0. The summed E-state index contributed by atoms with van der Waals surface area (Å²) < 4.78 is 7.77. The SMILES string of the molecule is COc1ccccc1-c1nc2ccccc2c2c1c(-c1ccccc1)nn2-c1ccccc1. The number of para-hydroxylation sites is 3. The third-order valence-corrected chi connectivity index (χ3v) is 5.92. The Hall–Kier alpha value is -4.44. The topological polar surface area (TPSA) is 39.9 Å². The van der Waals surface area contributed by atoms with Gasteiger partial charge in [-0.3, -0.25) is 0 Å². The molecule has 6 rings (SSSR count). The maximum atomic E-state index is 5.73. The largest absolute Gasteiger partial charge is 0.496 e. The summed E-state index contributed by atoms with van der Waals surface area (Å²) in [6.45, 7) is 0. The molecule has 0 saturated heterocycles. The minimum absolute atomic E-state index is 0.785. The normalized spacial score (nSPS) is 11.2. The summed E-state index contributed by atoms with van der Waals surface area (Å²) in [5, 5.41) is 7.22. The van der Waals surface area contributed by atoms with Gasteiger partial charge in [-0.05, 0) is 30.3 Å². The van der Waals surface area contributed by atoms with Crippen molar-refractivity contribution in [1.29, 1.82) is 0 Å². The van der Waals surface area contributed by atoms with Crippen LogP contribution in [0.5, 0.6) is 5.75 Å². The fourth-order valence-electron chi connectivity index (χ4n) is 4.43. The molecule has 0 saturated carbocycles. The molecule has 2 heterocycles. The van der Waals surface area contributed by atoms with Crippen molar-refractivity contribution in [3.05, 3.63) is 109 Å². The van der Waals surface area contributed by atoms with Crippen LogP contribution in [0.4, 0.5) is 0 Å². The second-order valence-corrected chi connectivity index (χ2v) is 7.86. The van der Waals surface area contributed by atoms with Crippen molar-refractivity contribution in [3.63, 3.8) is 0 Å². The summed E-state index contributed by atoms with van der Waals surface area (Å²) in [7, 11) is 1.70. The van der Waals surface area contributed by atoms with Crippen LogP contribution in [-0.4, -0.2) is 21.9 Å². The van der Waals surface area contributed by atoms with Crippen LogP contribution in [-0.2, 0) is 0 Å². The van der Waals surface area contributed by atoms with E-state index in [0.717, 1.165) is 55.8 Å². The van der Waals surface area contributed by atoms with E-state index in [2.05, 4.69) is 48.5 Å². The first-order valence-electron chi connectivity index (χ1n) is 10.9. The van der Waals surface area contributed by atoms with Crippen molar-refractivity contribution in [2.75, 3.05) is 7.11 Å². The third kappa shape index (κ3) is 3.15. The monoisotopic (exact) mass is 427 g/mol. The Balaban J connectivity index is 1.84.